The quantitative estimate of drug-likeness (QED) is 0.236. The molecule has 0 aliphatic heterocycles. The summed E-state index contributed by atoms with van der Waals surface area (Å²) >= 11 is 20.3. The van der Waals surface area contributed by atoms with Crippen molar-refractivity contribution in [2.45, 2.75) is 73.4 Å². The van der Waals surface area contributed by atoms with Crippen molar-refractivity contribution in [2.75, 3.05) is 0 Å². The highest BCUT2D eigenvalue weighted by Crippen LogP contribution is 2.48. The third-order valence-electron chi connectivity index (χ3n) is 3.49. The van der Waals surface area contributed by atoms with E-state index in [-0.39, 0.29) is 0 Å². The lowest BCUT2D eigenvalue weighted by molar-refractivity contribution is 0.615. The fourth-order valence-corrected chi connectivity index (χ4v) is 4.50. The van der Waals surface area contributed by atoms with Crippen molar-refractivity contribution in [1.82, 2.24) is 9.59 Å². The minimum Gasteiger partial charge on any atom is -0.156 e. The second kappa shape index (κ2) is 9.30. The van der Waals surface area contributed by atoms with Gasteiger partial charge in [0.2, 0.25) is 0 Å². The molecule has 0 amide bonds. The third kappa shape index (κ3) is 6.16. The fraction of sp³-hybridized carbons (Fsp3) is 0.857. The van der Waals surface area contributed by atoms with E-state index in [1.165, 1.54) is 37.2 Å². The maximum Gasteiger partial charge on any atom is 0.107 e. The first-order valence-corrected chi connectivity index (χ1v) is 10.1. The first-order valence-electron chi connectivity index (χ1n) is 7.58. The Labute approximate surface area is 155 Å². The third-order valence-corrected chi connectivity index (χ3v) is 6.44. The van der Waals surface area contributed by atoms with Crippen LogP contribution in [0.3, 0.4) is 0 Å². The van der Waals surface area contributed by atoms with Crippen LogP contribution in [0.15, 0.2) is 0 Å². The van der Waals surface area contributed by atoms with Crippen molar-refractivity contribution in [3.05, 3.63) is 10.6 Å². The molecule has 0 aliphatic rings. The Balaban J connectivity index is 2.83. The van der Waals surface area contributed by atoms with Gasteiger partial charge in [0, 0.05) is 0 Å². The van der Waals surface area contributed by atoms with Gasteiger partial charge in [-0.3, -0.25) is 0 Å². The summed E-state index contributed by atoms with van der Waals surface area (Å²) in [6.07, 6.45) is 8.69. The second-order valence-corrected chi connectivity index (χ2v) is 10.0. The zero-order chi connectivity index (χ0) is 15.9. The normalized spacial score (nSPS) is 12.9. The standard InChI is InChI=1S/C14H26N2S5/c1-3-5-7-9-13(17,18)11-12(21-16-15-11)14(19,20)10-8-6-4-2/h17-20H,3-10H2,1-2H3. The van der Waals surface area contributed by atoms with E-state index >= 15 is 0 Å². The fourth-order valence-electron chi connectivity index (χ4n) is 2.19. The largest absolute Gasteiger partial charge is 0.156 e. The van der Waals surface area contributed by atoms with Gasteiger partial charge >= 0.3 is 0 Å². The van der Waals surface area contributed by atoms with Gasteiger partial charge in [-0.1, -0.05) is 56.9 Å². The van der Waals surface area contributed by atoms with E-state index in [4.69, 9.17) is 50.5 Å². The average molecular weight is 383 g/mol. The second-order valence-electron chi connectivity index (χ2n) is 5.50. The molecular formula is C14H26N2S5. The zero-order valence-corrected chi connectivity index (χ0v) is 17.1. The number of nitrogens with zero attached hydrogens (tertiary/aromatic N) is 2. The molecule has 0 unspecified atom stereocenters. The Hall–Kier alpha value is 0.960. The van der Waals surface area contributed by atoms with Crippen LogP contribution in [0.1, 0.15) is 75.8 Å². The van der Waals surface area contributed by atoms with Crippen molar-refractivity contribution < 1.29 is 0 Å². The van der Waals surface area contributed by atoms with Crippen molar-refractivity contribution in [3.63, 3.8) is 0 Å². The van der Waals surface area contributed by atoms with Crippen molar-refractivity contribution >= 4 is 62.0 Å². The summed E-state index contributed by atoms with van der Waals surface area (Å²) in [6.45, 7) is 4.38. The molecule has 0 radical (unpaired) electrons. The molecule has 1 aromatic rings. The summed E-state index contributed by atoms with van der Waals surface area (Å²) in [5, 5.41) is 4.28. The Morgan fingerprint density at radius 2 is 1.38 bits per heavy atom. The van der Waals surface area contributed by atoms with Crippen LogP contribution in [-0.4, -0.2) is 9.59 Å². The monoisotopic (exact) mass is 382 g/mol. The summed E-state index contributed by atoms with van der Waals surface area (Å²) in [5.41, 5.74) is 0.830. The summed E-state index contributed by atoms with van der Waals surface area (Å²) in [4.78, 5) is 0.992. The van der Waals surface area contributed by atoms with Gasteiger partial charge in [0.25, 0.3) is 0 Å². The molecule has 0 aliphatic carbocycles. The van der Waals surface area contributed by atoms with E-state index in [0.29, 0.717) is 0 Å². The zero-order valence-electron chi connectivity index (χ0n) is 12.7. The Kier molecular flexibility index (Phi) is 8.86. The Morgan fingerprint density at radius 3 is 1.90 bits per heavy atom. The molecule has 0 atom stereocenters. The van der Waals surface area contributed by atoms with Gasteiger partial charge < -0.3 is 0 Å². The molecule has 7 heteroatoms. The van der Waals surface area contributed by atoms with Crippen LogP contribution in [0.5, 0.6) is 0 Å². The van der Waals surface area contributed by atoms with Crippen molar-refractivity contribution in [3.8, 4) is 0 Å². The molecular weight excluding hydrogens is 357 g/mol. The first-order chi connectivity index (χ1) is 9.85. The highest BCUT2D eigenvalue weighted by atomic mass is 32.2. The SMILES string of the molecule is CCCCCC(S)(S)c1nnsc1C(S)(S)CCCCC. The van der Waals surface area contributed by atoms with Crippen LogP contribution in [0.4, 0.5) is 0 Å². The summed E-state index contributed by atoms with van der Waals surface area (Å²) in [6, 6.07) is 0. The van der Waals surface area contributed by atoms with Crippen LogP contribution >= 0.6 is 62.0 Å². The van der Waals surface area contributed by atoms with Crippen LogP contribution in [-0.2, 0) is 8.16 Å². The minimum absolute atomic E-state index is 0.500. The number of hydrogen-bond donors (Lipinski definition) is 4. The lowest BCUT2D eigenvalue weighted by Crippen LogP contribution is -2.19. The molecule has 0 aromatic carbocycles. The van der Waals surface area contributed by atoms with Crippen molar-refractivity contribution in [2.24, 2.45) is 0 Å². The van der Waals surface area contributed by atoms with E-state index < -0.39 is 8.16 Å². The molecule has 0 fully saturated rings. The molecule has 0 saturated carbocycles. The minimum atomic E-state index is -0.557. The predicted octanol–water partition coefficient (Wildman–Crippen LogP) is 5.72. The van der Waals surface area contributed by atoms with Gasteiger partial charge in [-0.15, -0.1) is 5.10 Å². The lowest BCUT2D eigenvalue weighted by Gasteiger charge is -2.27. The molecule has 21 heavy (non-hydrogen) atoms. The van der Waals surface area contributed by atoms with Crippen molar-refractivity contribution in [1.29, 1.82) is 0 Å². The molecule has 1 rings (SSSR count). The van der Waals surface area contributed by atoms with Gasteiger partial charge in [0.05, 0.1) is 8.96 Å². The molecule has 122 valence electrons. The van der Waals surface area contributed by atoms with E-state index in [0.717, 1.165) is 36.3 Å². The molecule has 1 heterocycles. The van der Waals surface area contributed by atoms with Gasteiger partial charge in [0.15, 0.2) is 0 Å². The Morgan fingerprint density at radius 1 is 0.857 bits per heavy atom. The number of hydrogen-bond acceptors (Lipinski definition) is 7. The maximum atomic E-state index is 4.75. The number of rotatable bonds is 10. The highest BCUT2D eigenvalue weighted by Gasteiger charge is 2.36. The topological polar surface area (TPSA) is 25.8 Å². The summed E-state index contributed by atoms with van der Waals surface area (Å²) in [7, 11) is 0. The van der Waals surface area contributed by atoms with E-state index in [1.807, 2.05) is 0 Å². The number of thiol groups is 4. The molecule has 1 aromatic heterocycles. The van der Waals surface area contributed by atoms with Gasteiger partial charge in [-0.05, 0) is 24.4 Å². The predicted molar refractivity (Wildman–Crippen MR) is 107 cm³/mol. The molecule has 0 saturated heterocycles. The van der Waals surface area contributed by atoms with Crippen LogP contribution in [0.2, 0.25) is 0 Å². The lowest BCUT2D eigenvalue weighted by atomic mass is 10.1. The van der Waals surface area contributed by atoms with Gasteiger partial charge in [0.1, 0.15) is 9.77 Å². The van der Waals surface area contributed by atoms with Gasteiger partial charge in [-0.2, -0.15) is 50.5 Å². The molecule has 0 bridgehead atoms. The molecule has 2 nitrogen and oxygen atoms in total. The van der Waals surface area contributed by atoms with Crippen LogP contribution in [0, 0.1) is 0 Å². The van der Waals surface area contributed by atoms with E-state index in [9.17, 15) is 0 Å². The maximum absolute atomic E-state index is 4.75. The number of unbranched alkanes of at least 4 members (excludes halogenated alkanes) is 4. The van der Waals surface area contributed by atoms with E-state index in [1.54, 1.807) is 0 Å². The van der Waals surface area contributed by atoms with Crippen LogP contribution < -0.4 is 0 Å². The Bertz CT molecular complexity index is 381. The smallest absolute Gasteiger partial charge is 0.107 e. The van der Waals surface area contributed by atoms with Gasteiger partial charge in [-0.25, -0.2) is 0 Å². The van der Waals surface area contributed by atoms with Crippen LogP contribution in [0.25, 0.3) is 0 Å². The van der Waals surface area contributed by atoms with E-state index in [2.05, 4.69) is 23.4 Å². The average Bonchev–Trinajstić information content (AvgIpc) is 2.90. The highest BCUT2D eigenvalue weighted by molar-refractivity contribution is 8.00. The summed E-state index contributed by atoms with van der Waals surface area (Å²) in [5.74, 6) is 0. The molecule has 0 spiro atoms. The number of aromatic nitrogens is 2. The molecule has 0 N–H and O–H groups in total. The summed E-state index contributed by atoms with van der Waals surface area (Å²) < 4.78 is 3.05. The first kappa shape index (κ1) is 20.0.